The molecule has 0 unspecified atom stereocenters. The van der Waals surface area contributed by atoms with Crippen LogP contribution in [0.25, 0.3) is 0 Å². The van der Waals surface area contributed by atoms with Crippen molar-refractivity contribution in [3.8, 4) is 0 Å². The molecule has 4 rings (SSSR count). The smallest absolute Gasteiger partial charge is 0.306 e. The van der Waals surface area contributed by atoms with Crippen LogP contribution < -0.4 is 0 Å². The molecule has 3 nitrogen and oxygen atoms in total. The molecule has 3 fully saturated rings. The first-order chi connectivity index (χ1) is 12.3. The Morgan fingerprint density at radius 1 is 1.23 bits per heavy atom. The second-order valence-electron chi connectivity index (χ2n) is 9.20. The molecule has 0 radical (unpaired) electrons. The van der Waals surface area contributed by atoms with E-state index in [9.17, 15) is 9.90 Å². The van der Waals surface area contributed by atoms with Gasteiger partial charge in [-0.25, -0.2) is 0 Å². The monoisotopic (exact) mass is 358 g/mol. The summed E-state index contributed by atoms with van der Waals surface area (Å²) in [6, 6.07) is 10.3. The van der Waals surface area contributed by atoms with Crippen LogP contribution in [0, 0.1) is 17.3 Å². The summed E-state index contributed by atoms with van der Waals surface area (Å²) < 4.78 is 5.84. The fraction of sp³-hybridized carbons (Fsp3) is 0.696. The molecule has 0 saturated heterocycles. The van der Waals surface area contributed by atoms with Crippen molar-refractivity contribution in [2.24, 2.45) is 17.3 Å². The van der Waals surface area contributed by atoms with Crippen LogP contribution in [-0.4, -0.2) is 22.8 Å². The maximum atomic E-state index is 12.7. The summed E-state index contributed by atoms with van der Waals surface area (Å²) in [5, 5.41) is 11.0. The Morgan fingerprint density at radius 3 is 2.50 bits per heavy atom. The van der Waals surface area contributed by atoms with Crippen LogP contribution in [0.3, 0.4) is 0 Å². The molecule has 3 saturated carbocycles. The lowest BCUT2D eigenvalue weighted by molar-refractivity contribution is -0.253. The van der Waals surface area contributed by atoms with Gasteiger partial charge in [0.15, 0.2) is 0 Å². The second-order valence-corrected chi connectivity index (χ2v) is 9.20. The zero-order valence-electron chi connectivity index (χ0n) is 16.7. The maximum absolute atomic E-state index is 12.7. The minimum atomic E-state index is -0.917. The molecule has 3 aliphatic rings. The largest absolute Gasteiger partial charge is 0.459 e. The van der Waals surface area contributed by atoms with E-state index >= 15 is 0 Å². The summed E-state index contributed by atoms with van der Waals surface area (Å²) in [4.78, 5) is 12.7. The van der Waals surface area contributed by atoms with Crippen LogP contribution in [0.1, 0.15) is 77.7 Å². The molecule has 1 aromatic rings. The van der Waals surface area contributed by atoms with Gasteiger partial charge in [0.1, 0.15) is 11.7 Å². The molecule has 1 aromatic carbocycles. The Hall–Kier alpha value is -1.35. The number of rotatable bonds is 7. The molecular formula is C23H34O3. The third-order valence-electron chi connectivity index (χ3n) is 7.19. The first-order valence-electron chi connectivity index (χ1n) is 10.2. The van der Waals surface area contributed by atoms with Crippen LogP contribution in [-0.2, 0) is 9.53 Å². The third-order valence-corrected chi connectivity index (χ3v) is 7.19. The molecule has 26 heavy (non-hydrogen) atoms. The van der Waals surface area contributed by atoms with Crippen molar-refractivity contribution in [3.63, 3.8) is 0 Å². The molecule has 5 atom stereocenters. The summed E-state index contributed by atoms with van der Waals surface area (Å²) in [6.45, 7) is 8.50. The molecule has 0 aliphatic heterocycles. The van der Waals surface area contributed by atoms with Gasteiger partial charge in [-0.3, -0.25) is 4.79 Å². The zero-order chi connectivity index (χ0) is 18.9. The second kappa shape index (κ2) is 7.34. The standard InChI is InChI=1S/C23H34O3/c1-5-6-10-17(16-11-8-7-9-12-16)13-21(24)26-20-15-18-14-19(22(18,2)3)23(20,4)25/h7-9,11-12,17-20,25H,5-6,10,13-15H2,1-4H3/t17-,18+,19+,20-,23+/m0/s1. The number of esters is 1. The van der Waals surface area contributed by atoms with Gasteiger partial charge in [0.05, 0.1) is 6.42 Å². The first kappa shape index (κ1) is 19.4. The summed E-state index contributed by atoms with van der Waals surface area (Å²) in [6.07, 6.45) is 5.09. The van der Waals surface area contributed by atoms with Gasteiger partial charge in [-0.05, 0) is 54.9 Å². The van der Waals surface area contributed by atoms with Crippen molar-refractivity contribution in [1.29, 1.82) is 0 Å². The van der Waals surface area contributed by atoms with Gasteiger partial charge in [-0.15, -0.1) is 0 Å². The predicted molar refractivity (Wildman–Crippen MR) is 104 cm³/mol. The highest BCUT2D eigenvalue weighted by molar-refractivity contribution is 5.71. The van der Waals surface area contributed by atoms with Gasteiger partial charge in [-0.1, -0.05) is 63.9 Å². The molecule has 2 bridgehead atoms. The number of unbranched alkanes of at least 4 members (excludes halogenated alkanes) is 1. The van der Waals surface area contributed by atoms with Gasteiger partial charge in [0.25, 0.3) is 0 Å². The number of hydrogen-bond acceptors (Lipinski definition) is 3. The Labute approximate surface area is 158 Å². The molecular weight excluding hydrogens is 324 g/mol. The van der Waals surface area contributed by atoms with Gasteiger partial charge < -0.3 is 9.84 Å². The molecule has 1 N–H and O–H groups in total. The van der Waals surface area contributed by atoms with E-state index in [-0.39, 0.29) is 29.3 Å². The van der Waals surface area contributed by atoms with Crippen molar-refractivity contribution >= 4 is 5.97 Å². The Morgan fingerprint density at radius 2 is 1.92 bits per heavy atom. The van der Waals surface area contributed by atoms with Crippen molar-refractivity contribution in [2.45, 2.75) is 83.8 Å². The first-order valence-corrected chi connectivity index (χ1v) is 10.2. The van der Waals surface area contributed by atoms with Crippen LogP contribution in [0.15, 0.2) is 30.3 Å². The van der Waals surface area contributed by atoms with Crippen LogP contribution in [0.2, 0.25) is 0 Å². The topological polar surface area (TPSA) is 46.5 Å². The van der Waals surface area contributed by atoms with Crippen LogP contribution in [0.4, 0.5) is 0 Å². The fourth-order valence-corrected chi connectivity index (χ4v) is 5.27. The lowest BCUT2D eigenvalue weighted by Gasteiger charge is -2.64. The highest BCUT2D eigenvalue weighted by Gasteiger charge is 2.64. The van der Waals surface area contributed by atoms with Gasteiger partial charge in [0, 0.05) is 0 Å². The quantitative estimate of drug-likeness (QED) is 0.692. The molecule has 0 aromatic heterocycles. The van der Waals surface area contributed by atoms with Crippen molar-refractivity contribution in [1.82, 2.24) is 0 Å². The lowest BCUT2D eigenvalue weighted by Crippen LogP contribution is -2.67. The van der Waals surface area contributed by atoms with E-state index in [1.165, 1.54) is 5.56 Å². The van der Waals surface area contributed by atoms with E-state index in [0.29, 0.717) is 12.3 Å². The average molecular weight is 359 g/mol. The Balaban J connectivity index is 1.64. The Bertz CT molecular complexity index is 620. The maximum Gasteiger partial charge on any atom is 0.306 e. The van der Waals surface area contributed by atoms with Crippen molar-refractivity contribution in [2.75, 3.05) is 0 Å². The summed E-state index contributed by atoms with van der Waals surface area (Å²) in [7, 11) is 0. The molecule has 144 valence electrons. The molecule has 0 amide bonds. The predicted octanol–water partition coefficient (Wildman–Crippen LogP) is 5.08. The normalized spacial score (nSPS) is 33.2. The number of fused-ring (bicyclic) bond motifs is 2. The van der Waals surface area contributed by atoms with Crippen LogP contribution >= 0.6 is 0 Å². The number of hydrogen-bond donors (Lipinski definition) is 1. The molecule has 0 spiro atoms. The van der Waals surface area contributed by atoms with E-state index in [2.05, 4.69) is 32.9 Å². The fourth-order valence-electron chi connectivity index (χ4n) is 5.27. The number of carbonyl (C=O) groups excluding carboxylic acids is 1. The summed E-state index contributed by atoms with van der Waals surface area (Å²) in [5.41, 5.74) is 0.442. The number of aliphatic hydroxyl groups is 1. The minimum absolute atomic E-state index is 0.153. The number of carbonyl (C=O) groups is 1. The van der Waals surface area contributed by atoms with Gasteiger partial charge >= 0.3 is 5.97 Å². The van der Waals surface area contributed by atoms with E-state index in [1.54, 1.807) is 0 Å². The summed E-state index contributed by atoms with van der Waals surface area (Å²) in [5.74, 6) is 0.801. The third kappa shape index (κ3) is 3.55. The van der Waals surface area contributed by atoms with Gasteiger partial charge in [-0.2, -0.15) is 0 Å². The molecule has 3 heteroatoms. The van der Waals surface area contributed by atoms with Crippen molar-refractivity contribution in [3.05, 3.63) is 35.9 Å². The molecule has 0 heterocycles. The number of benzene rings is 1. The van der Waals surface area contributed by atoms with E-state index < -0.39 is 5.60 Å². The molecule has 3 aliphatic carbocycles. The summed E-state index contributed by atoms with van der Waals surface area (Å²) >= 11 is 0. The Kier molecular flexibility index (Phi) is 5.48. The van der Waals surface area contributed by atoms with E-state index in [1.807, 2.05) is 25.1 Å². The average Bonchev–Trinajstić information content (AvgIpc) is 2.60. The minimum Gasteiger partial charge on any atom is -0.459 e. The van der Waals surface area contributed by atoms with E-state index in [0.717, 1.165) is 32.1 Å². The van der Waals surface area contributed by atoms with Crippen LogP contribution in [0.5, 0.6) is 0 Å². The van der Waals surface area contributed by atoms with E-state index in [4.69, 9.17) is 4.74 Å². The highest BCUT2D eigenvalue weighted by Crippen LogP contribution is 2.63. The SMILES string of the molecule is CCCC[C@@H](CC(=O)O[C@H]1C[C@H]2C[C@H](C2(C)C)[C@@]1(C)O)c1ccccc1. The number of ether oxygens (including phenoxy) is 1. The van der Waals surface area contributed by atoms with Gasteiger partial charge in [0.2, 0.25) is 0 Å². The highest BCUT2D eigenvalue weighted by atomic mass is 16.6. The zero-order valence-corrected chi connectivity index (χ0v) is 16.7. The van der Waals surface area contributed by atoms with Crippen molar-refractivity contribution < 1.29 is 14.6 Å². The lowest BCUT2D eigenvalue weighted by atomic mass is 9.43.